The summed E-state index contributed by atoms with van der Waals surface area (Å²) < 4.78 is 1.70. The van der Waals surface area contributed by atoms with Gasteiger partial charge >= 0.3 is 0 Å². The van der Waals surface area contributed by atoms with E-state index >= 15 is 0 Å². The fourth-order valence-electron chi connectivity index (χ4n) is 1.24. The lowest BCUT2D eigenvalue weighted by atomic mass is 10.2. The molecule has 0 radical (unpaired) electrons. The summed E-state index contributed by atoms with van der Waals surface area (Å²) >= 11 is 0. The molecule has 4 nitrogen and oxygen atoms in total. The highest BCUT2D eigenvalue weighted by molar-refractivity contribution is 5.71. The van der Waals surface area contributed by atoms with Crippen molar-refractivity contribution in [2.75, 3.05) is 5.73 Å². The second kappa shape index (κ2) is 2.90. The van der Waals surface area contributed by atoms with Crippen LogP contribution in [0.3, 0.4) is 0 Å². The van der Waals surface area contributed by atoms with Gasteiger partial charge in [0.25, 0.3) is 0 Å². The molecule has 0 saturated heterocycles. The fraction of sp³-hybridized carbons (Fsp3) is 0.111. The van der Waals surface area contributed by atoms with E-state index in [9.17, 15) is 0 Å². The molecule has 0 aliphatic rings. The Kier molecular flexibility index (Phi) is 1.73. The number of rotatable bonds is 1. The van der Waals surface area contributed by atoms with Gasteiger partial charge in [0, 0.05) is 31.2 Å². The van der Waals surface area contributed by atoms with E-state index in [0.717, 1.165) is 11.3 Å². The zero-order valence-corrected chi connectivity index (χ0v) is 7.31. The second-order valence-electron chi connectivity index (χ2n) is 2.84. The van der Waals surface area contributed by atoms with E-state index in [1.165, 1.54) is 0 Å². The van der Waals surface area contributed by atoms with Crippen molar-refractivity contribution in [3.05, 3.63) is 30.7 Å². The topological polar surface area (TPSA) is 56.7 Å². The van der Waals surface area contributed by atoms with Gasteiger partial charge in [-0.1, -0.05) is 0 Å². The molecule has 0 saturated carbocycles. The van der Waals surface area contributed by atoms with Gasteiger partial charge in [-0.05, 0) is 12.1 Å². The van der Waals surface area contributed by atoms with Crippen LogP contribution in [0.5, 0.6) is 0 Å². The smallest absolute Gasteiger partial charge is 0.115 e. The van der Waals surface area contributed by atoms with Gasteiger partial charge in [0.2, 0.25) is 0 Å². The van der Waals surface area contributed by atoms with Gasteiger partial charge in [0.05, 0.1) is 5.69 Å². The summed E-state index contributed by atoms with van der Waals surface area (Å²) in [6.07, 6.45) is 5.24. The predicted molar refractivity (Wildman–Crippen MR) is 50.9 cm³/mol. The second-order valence-corrected chi connectivity index (χ2v) is 2.84. The van der Waals surface area contributed by atoms with Crippen LogP contribution in [0.15, 0.2) is 30.7 Å². The minimum atomic E-state index is 0.689. The van der Waals surface area contributed by atoms with Crippen molar-refractivity contribution in [2.45, 2.75) is 0 Å². The van der Waals surface area contributed by atoms with E-state index in [1.54, 1.807) is 23.3 Å². The lowest BCUT2D eigenvalue weighted by Gasteiger charge is -1.95. The van der Waals surface area contributed by atoms with Crippen molar-refractivity contribution in [3.63, 3.8) is 0 Å². The third-order valence-corrected chi connectivity index (χ3v) is 1.81. The van der Waals surface area contributed by atoms with Crippen LogP contribution in [-0.2, 0) is 7.05 Å². The lowest BCUT2D eigenvalue weighted by molar-refractivity contribution is 0.771. The molecule has 2 heterocycles. The number of aryl methyl sites for hydroxylation is 1. The highest BCUT2D eigenvalue weighted by atomic mass is 15.3. The number of hydrogen-bond donors (Lipinski definition) is 1. The average molecular weight is 174 g/mol. The fourth-order valence-corrected chi connectivity index (χ4v) is 1.24. The quantitative estimate of drug-likeness (QED) is 0.703. The average Bonchev–Trinajstić information content (AvgIpc) is 2.47. The normalized spacial score (nSPS) is 10.2. The van der Waals surface area contributed by atoms with Crippen LogP contribution < -0.4 is 5.73 Å². The molecule has 4 heteroatoms. The lowest BCUT2D eigenvalue weighted by Crippen LogP contribution is -1.88. The maximum absolute atomic E-state index is 5.77. The summed E-state index contributed by atoms with van der Waals surface area (Å²) in [7, 11) is 1.85. The minimum absolute atomic E-state index is 0.689. The zero-order chi connectivity index (χ0) is 9.26. The number of pyridine rings is 1. The summed E-state index contributed by atoms with van der Waals surface area (Å²) in [5.74, 6) is 0. The van der Waals surface area contributed by atoms with Crippen molar-refractivity contribution in [1.82, 2.24) is 14.8 Å². The molecule has 0 bridgehead atoms. The maximum atomic E-state index is 5.77. The molecule has 0 atom stereocenters. The van der Waals surface area contributed by atoms with Crippen molar-refractivity contribution in [3.8, 4) is 11.3 Å². The van der Waals surface area contributed by atoms with Crippen LogP contribution in [0, 0.1) is 0 Å². The van der Waals surface area contributed by atoms with Gasteiger partial charge in [-0.15, -0.1) is 0 Å². The highest BCUT2D eigenvalue weighted by Gasteiger charge is 2.05. The van der Waals surface area contributed by atoms with E-state index in [2.05, 4.69) is 10.1 Å². The van der Waals surface area contributed by atoms with Gasteiger partial charge in [-0.3, -0.25) is 9.67 Å². The molecule has 2 rings (SSSR count). The number of hydrogen-bond acceptors (Lipinski definition) is 3. The Bertz CT molecular complexity index is 405. The SMILES string of the molecule is Cn1cc(N)c(-c2ccncc2)n1. The largest absolute Gasteiger partial charge is 0.396 e. The molecule has 0 amide bonds. The molecule has 13 heavy (non-hydrogen) atoms. The van der Waals surface area contributed by atoms with Crippen LogP contribution in [0.2, 0.25) is 0 Å². The van der Waals surface area contributed by atoms with E-state index in [1.807, 2.05) is 19.2 Å². The molecule has 0 aliphatic heterocycles. The Morgan fingerprint density at radius 2 is 2.00 bits per heavy atom. The summed E-state index contributed by atoms with van der Waals surface area (Å²) in [6.45, 7) is 0. The van der Waals surface area contributed by atoms with E-state index in [-0.39, 0.29) is 0 Å². The van der Waals surface area contributed by atoms with Crippen molar-refractivity contribution in [2.24, 2.45) is 7.05 Å². The Morgan fingerprint density at radius 3 is 2.54 bits per heavy atom. The summed E-state index contributed by atoms with van der Waals surface area (Å²) in [5, 5.41) is 4.24. The molecular weight excluding hydrogens is 164 g/mol. The zero-order valence-electron chi connectivity index (χ0n) is 7.31. The molecule has 0 aromatic carbocycles. The molecule has 2 aromatic rings. The number of aromatic nitrogens is 3. The monoisotopic (exact) mass is 174 g/mol. The standard InChI is InChI=1S/C9H10N4/c1-13-6-8(10)9(12-13)7-2-4-11-5-3-7/h2-6H,10H2,1H3. The number of nitrogens with two attached hydrogens (primary N) is 1. The van der Waals surface area contributed by atoms with Crippen LogP contribution in [0.1, 0.15) is 0 Å². The Morgan fingerprint density at radius 1 is 1.31 bits per heavy atom. The first kappa shape index (κ1) is 7.79. The number of nitrogen functional groups attached to an aromatic ring is 1. The first-order chi connectivity index (χ1) is 6.27. The highest BCUT2D eigenvalue weighted by Crippen LogP contribution is 2.22. The molecule has 0 fully saturated rings. The van der Waals surface area contributed by atoms with Gasteiger partial charge in [0.15, 0.2) is 0 Å². The van der Waals surface area contributed by atoms with Crippen LogP contribution in [0.25, 0.3) is 11.3 Å². The van der Waals surface area contributed by atoms with Gasteiger partial charge < -0.3 is 5.73 Å². The van der Waals surface area contributed by atoms with E-state index < -0.39 is 0 Å². The molecule has 0 spiro atoms. The van der Waals surface area contributed by atoms with Crippen LogP contribution in [-0.4, -0.2) is 14.8 Å². The Labute approximate surface area is 76.0 Å². The minimum Gasteiger partial charge on any atom is -0.396 e. The molecule has 2 aromatic heterocycles. The third kappa shape index (κ3) is 1.38. The summed E-state index contributed by atoms with van der Waals surface area (Å²) in [5.41, 5.74) is 8.26. The maximum Gasteiger partial charge on any atom is 0.115 e. The van der Waals surface area contributed by atoms with Gasteiger partial charge in [-0.25, -0.2) is 0 Å². The van der Waals surface area contributed by atoms with Crippen LogP contribution >= 0.6 is 0 Å². The molecule has 2 N–H and O–H groups in total. The Balaban J connectivity index is 2.53. The number of anilines is 1. The third-order valence-electron chi connectivity index (χ3n) is 1.81. The van der Waals surface area contributed by atoms with E-state index in [4.69, 9.17) is 5.73 Å². The molecular formula is C9H10N4. The van der Waals surface area contributed by atoms with Gasteiger partial charge in [-0.2, -0.15) is 5.10 Å². The summed E-state index contributed by atoms with van der Waals surface area (Å²) in [6, 6.07) is 3.78. The molecule has 66 valence electrons. The van der Waals surface area contributed by atoms with Gasteiger partial charge in [0.1, 0.15) is 5.69 Å². The first-order valence-corrected chi connectivity index (χ1v) is 3.97. The number of nitrogens with zero attached hydrogens (tertiary/aromatic N) is 3. The molecule has 0 aliphatic carbocycles. The van der Waals surface area contributed by atoms with E-state index in [0.29, 0.717) is 5.69 Å². The predicted octanol–water partition coefficient (Wildman–Crippen LogP) is 1.06. The van der Waals surface area contributed by atoms with Crippen molar-refractivity contribution >= 4 is 5.69 Å². The molecule has 0 unspecified atom stereocenters. The summed E-state index contributed by atoms with van der Waals surface area (Å²) in [4.78, 5) is 3.93. The Hall–Kier alpha value is -1.84. The van der Waals surface area contributed by atoms with Crippen molar-refractivity contribution < 1.29 is 0 Å². The van der Waals surface area contributed by atoms with Crippen LogP contribution in [0.4, 0.5) is 5.69 Å². The first-order valence-electron chi connectivity index (χ1n) is 3.97. The van der Waals surface area contributed by atoms with Crippen molar-refractivity contribution in [1.29, 1.82) is 0 Å².